The van der Waals surface area contributed by atoms with E-state index in [4.69, 9.17) is 11.2 Å². The zero-order valence-electron chi connectivity index (χ0n) is 22.8. The number of carbonyl (C=O) groups is 3. The minimum absolute atomic E-state index is 0.0801. The molecule has 3 atom stereocenters. The highest BCUT2D eigenvalue weighted by molar-refractivity contribution is 5.93. The maximum atomic E-state index is 13.8. The van der Waals surface area contributed by atoms with E-state index in [0.29, 0.717) is 12.0 Å². The van der Waals surface area contributed by atoms with Crippen molar-refractivity contribution in [1.29, 1.82) is 0 Å². The molecule has 0 aliphatic carbocycles. The van der Waals surface area contributed by atoms with E-state index < -0.39 is 29.7 Å². The molecule has 0 aliphatic heterocycles. The van der Waals surface area contributed by atoms with Gasteiger partial charge in [0, 0.05) is 12.1 Å². The molecule has 1 rings (SSSR count). The van der Waals surface area contributed by atoms with Gasteiger partial charge >= 0.3 is 6.09 Å². The van der Waals surface area contributed by atoms with Crippen molar-refractivity contribution in [2.45, 2.75) is 105 Å². The fraction of sp³-hybridized carbons (Fsp3) is 0.607. The number of nitrogens with one attached hydrogen (secondary N) is 2. The van der Waals surface area contributed by atoms with Gasteiger partial charge in [0.05, 0.1) is 0 Å². The van der Waals surface area contributed by atoms with E-state index in [1.54, 1.807) is 20.8 Å². The van der Waals surface area contributed by atoms with Crippen LogP contribution in [0.1, 0.15) is 90.5 Å². The highest BCUT2D eigenvalue weighted by atomic mass is 16.6. The minimum atomic E-state index is -1.04. The van der Waals surface area contributed by atoms with Crippen molar-refractivity contribution in [1.82, 2.24) is 15.5 Å². The number of hydrogen-bond donors (Lipinski definition) is 2. The van der Waals surface area contributed by atoms with E-state index in [9.17, 15) is 14.4 Å². The summed E-state index contributed by atoms with van der Waals surface area (Å²) in [4.78, 5) is 40.9. The first-order valence-electron chi connectivity index (χ1n) is 12.4. The Bertz CT molecular complexity index is 927. The van der Waals surface area contributed by atoms with Crippen LogP contribution in [0.25, 0.3) is 0 Å². The van der Waals surface area contributed by atoms with Gasteiger partial charge in [0.2, 0.25) is 5.91 Å². The predicted molar refractivity (Wildman–Crippen MR) is 139 cm³/mol. The van der Waals surface area contributed by atoms with E-state index in [-0.39, 0.29) is 17.9 Å². The normalized spacial score (nSPS) is 13.9. The van der Waals surface area contributed by atoms with Gasteiger partial charge in [-0.05, 0) is 71.4 Å². The Morgan fingerprint density at radius 3 is 2.23 bits per heavy atom. The first-order valence-corrected chi connectivity index (χ1v) is 12.4. The van der Waals surface area contributed by atoms with E-state index >= 15 is 0 Å². The second kappa shape index (κ2) is 13.2. The largest absolute Gasteiger partial charge is 0.444 e. The topological polar surface area (TPSA) is 87.7 Å². The monoisotopic (exact) mass is 485 g/mol. The number of terminal acetylenes is 1. The van der Waals surface area contributed by atoms with Gasteiger partial charge in [-0.25, -0.2) is 4.79 Å². The number of rotatable bonds is 10. The molecule has 3 unspecified atom stereocenters. The van der Waals surface area contributed by atoms with Crippen LogP contribution < -0.4 is 10.6 Å². The molecule has 7 heteroatoms. The lowest BCUT2D eigenvalue weighted by Crippen LogP contribution is -2.52. The molecule has 0 saturated carbocycles. The minimum Gasteiger partial charge on any atom is -0.444 e. The highest BCUT2D eigenvalue weighted by Crippen LogP contribution is 2.27. The summed E-state index contributed by atoms with van der Waals surface area (Å²) in [6.45, 7) is 16.9. The molecule has 194 valence electrons. The van der Waals surface area contributed by atoms with E-state index in [2.05, 4.69) is 16.7 Å². The molecule has 0 bridgehead atoms. The lowest BCUT2D eigenvalue weighted by Gasteiger charge is -2.32. The Balaban J connectivity index is 3.44. The molecule has 7 nitrogen and oxygen atoms in total. The van der Waals surface area contributed by atoms with Crippen LogP contribution in [0, 0.1) is 32.2 Å². The van der Waals surface area contributed by atoms with Crippen LogP contribution >= 0.6 is 0 Å². The molecule has 0 aliphatic rings. The molecule has 3 amide bonds. The average Bonchev–Trinajstić information content (AvgIpc) is 2.70. The fourth-order valence-electron chi connectivity index (χ4n) is 3.93. The van der Waals surface area contributed by atoms with Crippen LogP contribution in [-0.4, -0.2) is 40.5 Å². The number of alkyl carbamates (subject to hydrolysis) is 1. The van der Waals surface area contributed by atoms with Crippen LogP contribution in [0.5, 0.6) is 0 Å². The summed E-state index contributed by atoms with van der Waals surface area (Å²) >= 11 is 0. The van der Waals surface area contributed by atoms with Gasteiger partial charge in [0.1, 0.15) is 17.7 Å². The summed E-state index contributed by atoms with van der Waals surface area (Å²) in [5, 5.41) is 5.67. The van der Waals surface area contributed by atoms with E-state index in [1.807, 2.05) is 59.7 Å². The van der Waals surface area contributed by atoms with Gasteiger partial charge in [-0.15, -0.1) is 0 Å². The number of benzene rings is 1. The average molecular weight is 486 g/mol. The molecule has 1 aromatic rings. The third kappa shape index (κ3) is 9.64. The molecule has 1 aromatic carbocycles. The van der Waals surface area contributed by atoms with Gasteiger partial charge < -0.3 is 15.4 Å². The van der Waals surface area contributed by atoms with Gasteiger partial charge in [0.25, 0.3) is 5.91 Å². The first-order chi connectivity index (χ1) is 16.2. The zero-order valence-corrected chi connectivity index (χ0v) is 22.8. The van der Waals surface area contributed by atoms with Crippen LogP contribution in [0.2, 0.25) is 0 Å². The van der Waals surface area contributed by atoms with Crippen molar-refractivity contribution in [2.24, 2.45) is 5.92 Å². The first kappa shape index (κ1) is 30.0. The Labute approximate surface area is 211 Å². The quantitative estimate of drug-likeness (QED) is 0.360. The third-order valence-electron chi connectivity index (χ3n) is 5.41. The van der Waals surface area contributed by atoms with Crippen molar-refractivity contribution in [3.05, 3.63) is 34.9 Å². The second-order valence-corrected chi connectivity index (χ2v) is 10.6. The van der Waals surface area contributed by atoms with Crippen LogP contribution in [-0.2, 0) is 14.3 Å². The Hall–Kier alpha value is -3.01. The number of carbonyl (C=O) groups excluding carboxylic acids is 3. The molecule has 0 aromatic heterocycles. The van der Waals surface area contributed by atoms with Gasteiger partial charge in [-0.2, -0.15) is 0 Å². The number of nitrogens with zero attached hydrogens (tertiary/aromatic N) is 1. The molecule has 0 heterocycles. The molecule has 2 N–H and O–H groups in total. The van der Waals surface area contributed by atoms with Crippen LogP contribution in [0.4, 0.5) is 4.79 Å². The van der Waals surface area contributed by atoms with Crippen LogP contribution in [0.15, 0.2) is 18.2 Å². The standard InChI is InChI=1S/C28H43N3O4/c1-11-13-21(7)29-25(32)24(22-15-14-19(5)17-20(22)6)31(12-2)26(33)23(16-18(3)4)30-27(34)35-28(8,9)10/h2,14-15,17-18,21,23-24H,11,13,16H2,1,3-10H3,(H,29,32)(H,30,34). The van der Waals surface area contributed by atoms with Crippen molar-refractivity contribution in [3.8, 4) is 12.5 Å². The SMILES string of the molecule is C#CN(C(=O)C(CC(C)C)NC(=O)OC(C)(C)C)C(C(=O)NC(C)CCC)c1ccc(C)cc1C. The highest BCUT2D eigenvalue weighted by Gasteiger charge is 2.37. The summed E-state index contributed by atoms with van der Waals surface area (Å²) in [6, 6.07) is 6.04. The molecular weight excluding hydrogens is 442 g/mol. The van der Waals surface area contributed by atoms with Crippen molar-refractivity contribution in [2.75, 3.05) is 0 Å². The summed E-state index contributed by atoms with van der Waals surface area (Å²) in [7, 11) is 0. The van der Waals surface area contributed by atoms with Crippen molar-refractivity contribution < 1.29 is 19.1 Å². The maximum absolute atomic E-state index is 13.8. The smallest absolute Gasteiger partial charge is 0.408 e. The molecule has 35 heavy (non-hydrogen) atoms. The summed E-state index contributed by atoms with van der Waals surface area (Å²) < 4.78 is 5.37. The molecule has 0 saturated heterocycles. The van der Waals surface area contributed by atoms with Crippen LogP contribution in [0.3, 0.4) is 0 Å². The predicted octanol–water partition coefficient (Wildman–Crippen LogP) is 5.01. The molecule has 0 fully saturated rings. The Morgan fingerprint density at radius 1 is 1.11 bits per heavy atom. The Morgan fingerprint density at radius 2 is 1.74 bits per heavy atom. The van der Waals surface area contributed by atoms with Gasteiger partial charge in [-0.3, -0.25) is 14.5 Å². The lowest BCUT2D eigenvalue weighted by molar-refractivity contribution is -0.139. The number of hydrogen-bond acceptors (Lipinski definition) is 4. The van der Waals surface area contributed by atoms with Crippen molar-refractivity contribution >= 4 is 17.9 Å². The molecule has 0 radical (unpaired) electrons. The van der Waals surface area contributed by atoms with Gasteiger partial charge in [0.15, 0.2) is 0 Å². The second-order valence-electron chi connectivity index (χ2n) is 10.6. The maximum Gasteiger partial charge on any atom is 0.408 e. The zero-order chi connectivity index (χ0) is 26.9. The number of aryl methyl sites for hydroxylation is 2. The van der Waals surface area contributed by atoms with E-state index in [0.717, 1.165) is 28.9 Å². The lowest BCUT2D eigenvalue weighted by atomic mass is 9.95. The van der Waals surface area contributed by atoms with Gasteiger partial charge in [-0.1, -0.05) is 57.4 Å². The number of ether oxygens (including phenoxy) is 1. The Kier molecular flexibility index (Phi) is 11.3. The summed E-state index contributed by atoms with van der Waals surface area (Å²) in [5.74, 6) is -0.809. The van der Waals surface area contributed by atoms with E-state index in [1.165, 1.54) is 0 Å². The third-order valence-corrected chi connectivity index (χ3v) is 5.41. The molecule has 0 spiro atoms. The van der Waals surface area contributed by atoms with Crippen molar-refractivity contribution in [3.63, 3.8) is 0 Å². The summed E-state index contributed by atoms with van der Waals surface area (Å²) in [6.07, 6.45) is 7.18. The fourth-order valence-corrected chi connectivity index (χ4v) is 3.93. The summed E-state index contributed by atoms with van der Waals surface area (Å²) in [5.41, 5.74) is 1.80. The number of amides is 3. The molecular formula is C28H43N3O4.